The van der Waals surface area contributed by atoms with Crippen LogP contribution in [-0.4, -0.2) is 121 Å². The van der Waals surface area contributed by atoms with Gasteiger partial charge in [-0.05, 0) is 132 Å². The minimum Gasteiger partial charge on any atom is -0.462 e. The lowest BCUT2D eigenvalue weighted by Crippen LogP contribution is -2.44. The fraction of sp³-hybridized carbons (Fsp3) is 0.800. The van der Waals surface area contributed by atoms with Crippen LogP contribution >= 0.6 is 0 Å². The number of esters is 11. The highest BCUT2D eigenvalue weighted by Crippen LogP contribution is 2.62. The predicted molar refractivity (Wildman–Crippen MR) is 257 cm³/mol. The summed E-state index contributed by atoms with van der Waals surface area (Å²) in [5.74, 6) is -18.2. The van der Waals surface area contributed by atoms with Crippen molar-refractivity contribution in [1.82, 2.24) is 0 Å². The fourth-order valence-electron chi connectivity index (χ4n) is 14.1. The van der Waals surface area contributed by atoms with Crippen molar-refractivity contribution in [2.45, 2.75) is 168 Å². The van der Waals surface area contributed by atoms with E-state index >= 15 is 0 Å². The summed E-state index contributed by atoms with van der Waals surface area (Å²) in [7, 11) is 0. The molecule has 4 aliphatic heterocycles. The second-order valence-electron chi connectivity index (χ2n) is 24.5. The predicted octanol–water partition coefficient (Wildman–Crippen LogP) is 6.67. The Morgan fingerprint density at radius 2 is 1.14 bits per heavy atom. The van der Waals surface area contributed by atoms with Gasteiger partial charge in [0, 0.05) is 0 Å². The van der Waals surface area contributed by atoms with E-state index in [-0.39, 0.29) is 74.9 Å². The summed E-state index contributed by atoms with van der Waals surface area (Å²) in [5.41, 5.74) is -0.930. The van der Waals surface area contributed by atoms with Gasteiger partial charge in [0.15, 0.2) is 6.10 Å². The Bertz CT molecular complexity index is 2470. The number of hydrogen-bond acceptors (Lipinski definition) is 20. The van der Waals surface area contributed by atoms with Crippen molar-refractivity contribution in [1.29, 1.82) is 0 Å². The molecule has 0 spiro atoms. The Kier molecular flexibility index (Phi) is 19.0. The zero-order valence-electron chi connectivity index (χ0n) is 46.2. The van der Waals surface area contributed by atoms with Crippen LogP contribution in [-0.2, 0) is 95.4 Å². The van der Waals surface area contributed by atoms with Crippen LogP contribution < -0.4 is 0 Å². The highest BCUT2D eigenvalue weighted by Gasteiger charge is 2.63. The van der Waals surface area contributed by atoms with Crippen molar-refractivity contribution < 1.29 is 122 Å². The van der Waals surface area contributed by atoms with Crippen LogP contribution in [0.1, 0.15) is 126 Å². The first-order valence-electron chi connectivity index (χ1n) is 27.6. The van der Waals surface area contributed by atoms with E-state index in [9.17, 15) is 79.1 Å². The third kappa shape index (κ3) is 14.7. The van der Waals surface area contributed by atoms with Gasteiger partial charge in [-0.1, -0.05) is 27.7 Å². The normalized spacial score (nSPS) is 34.2. The molecular weight excluding hydrogens is 1090 g/mol. The van der Waals surface area contributed by atoms with E-state index < -0.39 is 174 Å². The van der Waals surface area contributed by atoms with E-state index in [1.807, 2.05) is 13.8 Å². The summed E-state index contributed by atoms with van der Waals surface area (Å²) in [4.78, 5) is 137. The van der Waals surface area contributed by atoms with Crippen LogP contribution in [0.5, 0.6) is 0 Å². The topological polar surface area (TPSA) is 271 Å². The summed E-state index contributed by atoms with van der Waals surface area (Å²) in [6, 6.07) is 0. The van der Waals surface area contributed by atoms with Crippen LogP contribution in [0.3, 0.4) is 0 Å². The van der Waals surface area contributed by atoms with E-state index in [0.29, 0.717) is 25.7 Å². The smallest absolute Gasteiger partial charge is 0.462 e. The zero-order valence-corrected chi connectivity index (χ0v) is 46.2. The number of fused-ring (bicyclic) bond motifs is 4. The molecule has 20 unspecified atom stereocenters. The second-order valence-corrected chi connectivity index (χ2v) is 24.5. The Morgan fingerprint density at radius 3 is 1.62 bits per heavy atom. The third-order valence-electron chi connectivity index (χ3n) is 17.8. The summed E-state index contributed by atoms with van der Waals surface area (Å²) < 4.78 is 124. The van der Waals surface area contributed by atoms with Gasteiger partial charge >= 0.3 is 78.0 Å². The quantitative estimate of drug-likeness (QED) is 0.0600. The maximum Gasteiger partial charge on any atom is 0.490 e. The maximum absolute atomic E-state index is 13.2. The molecule has 0 N–H and O–H groups in total. The van der Waals surface area contributed by atoms with Crippen LogP contribution in [0.25, 0.3) is 0 Å². The van der Waals surface area contributed by atoms with Gasteiger partial charge in [0.25, 0.3) is 0 Å². The molecule has 0 aromatic heterocycles. The summed E-state index contributed by atoms with van der Waals surface area (Å²) in [5, 5.41) is 0. The number of carbonyl (C=O) groups is 11. The van der Waals surface area contributed by atoms with Crippen LogP contribution in [0, 0.1) is 94.7 Å². The number of hydrogen-bond donors (Lipinski definition) is 0. The van der Waals surface area contributed by atoms with E-state index in [0.717, 1.165) is 19.3 Å². The average Bonchev–Trinajstić information content (AvgIpc) is 4.35. The molecule has 4 saturated heterocycles. The fourth-order valence-corrected chi connectivity index (χ4v) is 14.1. The van der Waals surface area contributed by atoms with Crippen LogP contribution in [0.15, 0.2) is 0 Å². The van der Waals surface area contributed by atoms with E-state index in [4.69, 9.17) is 42.6 Å². The van der Waals surface area contributed by atoms with Crippen LogP contribution in [0.2, 0.25) is 0 Å². The molecule has 8 fully saturated rings. The van der Waals surface area contributed by atoms with Crippen LogP contribution in [0.4, 0.5) is 26.3 Å². The average molecular weight is 1170 g/mol. The first-order chi connectivity index (χ1) is 37.6. The molecule has 4 bridgehead atoms. The van der Waals surface area contributed by atoms with Gasteiger partial charge in [-0.2, -0.15) is 26.3 Å². The highest BCUT2D eigenvalue weighted by atomic mass is 19.4. The number of cyclic esters (lactones) is 6. The SMILES string of the molecule is CC(CC(CC1C(=O)OC(=O)C1C1C2CCC(C2)C1C)C(=O)OC(C)C(F)(F)F)C(=O)OC1COC(=O)C1.CC(CC1C(=O)OC(=O)C1C1C(C)C2CC(C(CC(=O)OC(C)(C)C)OC(=O)C(F)(F)F)C1C2)C(=O)OC1COC(=O)C1. The molecule has 0 aromatic carbocycles. The lowest BCUT2D eigenvalue weighted by Gasteiger charge is -2.40. The van der Waals surface area contributed by atoms with Gasteiger partial charge in [-0.25, -0.2) is 4.79 Å². The standard InChI is InChI=1S/C29H37F3O11.C26H33F3O9/c1-12(24(35)40-15-9-20(33)39-11-15)6-18-23(26(37)42-25(18)36)22-13(2)14-7-16(17(22)8-14)19(41-27(38)29(30,31)32)10-21(34)43-28(3,4)5;1-11(22(31)37-17-9-19(30)35-10-17)6-16(23(32)36-13(3)26(27,28)29)8-18-21(25(34)38-24(18)33)20-12(2)14-4-5-15(20)7-14/h12-19,22-23H,6-11H2,1-5H3;11-18,20-21H,4-10H2,1-3H3. The third-order valence-corrected chi connectivity index (χ3v) is 17.8. The van der Waals surface area contributed by atoms with Gasteiger partial charge in [0.05, 0.1) is 60.7 Å². The van der Waals surface area contributed by atoms with Gasteiger partial charge in [-0.3, -0.25) is 47.9 Å². The molecule has 81 heavy (non-hydrogen) atoms. The van der Waals surface area contributed by atoms with Gasteiger partial charge in [0.2, 0.25) is 0 Å². The van der Waals surface area contributed by atoms with Gasteiger partial charge in [-0.15, -0.1) is 0 Å². The molecule has 4 heterocycles. The summed E-state index contributed by atoms with van der Waals surface area (Å²) >= 11 is 0. The first kappa shape index (κ1) is 62.7. The van der Waals surface area contributed by atoms with Crippen molar-refractivity contribution in [3.05, 3.63) is 0 Å². The van der Waals surface area contributed by atoms with Gasteiger partial charge < -0.3 is 42.6 Å². The number of halogens is 6. The van der Waals surface area contributed by atoms with Crippen molar-refractivity contribution in [3.8, 4) is 0 Å². The second kappa shape index (κ2) is 24.5. The van der Waals surface area contributed by atoms with Gasteiger partial charge in [0.1, 0.15) is 37.1 Å². The molecule has 0 aromatic rings. The Hall–Kier alpha value is -5.85. The Labute approximate surface area is 462 Å². The molecule has 4 aliphatic carbocycles. The van der Waals surface area contributed by atoms with Crippen molar-refractivity contribution in [3.63, 3.8) is 0 Å². The molecule has 26 heteroatoms. The first-order valence-corrected chi connectivity index (χ1v) is 27.6. The minimum absolute atomic E-state index is 0.0721. The molecule has 20 nitrogen and oxygen atoms in total. The molecule has 8 aliphatic rings. The molecule has 4 saturated carbocycles. The summed E-state index contributed by atoms with van der Waals surface area (Å²) in [6.07, 6.45) is -13.2. The van der Waals surface area contributed by atoms with Crippen molar-refractivity contribution >= 4 is 65.7 Å². The maximum atomic E-state index is 13.2. The zero-order chi connectivity index (χ0) is 60.0. The minimum atomic E-state index is -5.29. The number of rotatable bonds is 18. The number of carbonyl (C=O) groups excluding carboxylic acids is 11. The molecule has 8 rings (SSSR count). The number of alkyl halides is 6. The molecule has 0 radical (unpaired) electrons. The highest BCUT2D eigenvalue weighted by molar-refractivity contribution is 5.98. The van der Waals surface area contributed by atoms with E-state index in [1.54, 1.807) is 20.8 Å². The van der Waals surface area contributed by atoms with Crippen molar-refractivity contribution in [2.24, 2.45) is 94.7 Å². The lowest BCUT2D eigenvalue weighted by atomic mass is 9.64. The molecule has 20 atom stereocenters. The summed E-state index contributed by atoms with van der Waals surface area (Å²) in [6.45, 7) is 12.2. The van der Waals surface area contributed by atoms with E-state index in [1.165, 1.54) is 13.8 Å². The monoisotopic (exact) mass is 1160 g/mol. The lowest BCUT2D eigenvalue weighted by molar-refractivity contribution is -0.219. The van der Waals surface area contributed by atoms with E-state index in [2.05, 4.69) is 0 Å². The largest absolute Gasteiger partial charge is 0.490 e. The molecule has 0 amide bonds. The Morgan fingerprint density at radius 1 is 0.617 bits per heavy atom. The number of ether oxygens (including phenoxy) is 9. The molecular formula is C55H70F6O20. The Balaban J connectivity index is 0.000000235. The molecule has 452 valence electrons. The van der Waals surface area contributed by atoms with Crippen molar-refractivity contribution in [2.75, 3.05) is 13.2 Å².